The average molecular weight is 217 g/mol. The van der Waals surface area contributed by atoms with Crippen molar-refractivity contribution >= 4 is 39.2 Å². The highest BCUT2D eigenvalue weighted by atomic mass is 35.8. The van der Waals surface area contributed by atoms with Crippen LogP contribution in [0.3, 0.4) is 0 Å². The van der Waals surface area contributed by atoms with Gasteiger partial charge >= 0.3 is 11.5 Å². The number of hydrogen-bond donors (Lipinski definition) is 0. The van der Waals surface area contributed by atoms with Crippen LogP contribution in [-0.2, 0) is 0 Å². The molecule has 0 saturated carbocycles. The van der Waals surface area contributed by atoms with Crippen LogP contribution in [0, 0.1) is 0 Å². The third-order valence-corrected chi connectivity index (χ3v) is 4.03. The molecule has 0 atom stereocenters. The minimum Gasteiger partial charge on any atom is -0.245 e. The van der Waals surface area contributed by atoms with Crippen molar-refractivity contribution in [1.82, 2.24) is 0 Å². The second-order valence-corrected chi connectivity index (χ2v) is 9.91. The molecule has 0 unspecified atom stereocenters. The Hall–Kier alpha value is 0.877. The number of halogens is 6. The van der Waals surface area contributed by atoms with E-state index in [4.69, 9.17) is 33.2 Å². The van der Waals surface area contributed by atoms with E-state index in [1.165, 1.54) is 0 Å². The normalized spacial score (nSPS) is 14.0. The van der Waals surface area contributed by atoms with Gasteiger partial charge in [-0.3, -0.25) is 0 Å². The summed E-state index contributed by atoms with van der Waals surface area (Å²) >= 11 is 14.4. The van der Waals surface area contributed by atoms with Crippen molar-refractivity contribution in [2.75, 3.05) is 6.67 Å². The predicted molar refractivity (Wildman–Crippen MR) is 34.2 cm³/mol. The smallest absolute Gasteiger partial charge is 0.245 e. The highest BCUT2D eigenvalue weighted by Gasteiger charge is 2.54. The molecule has 0 spiro atoms. The molecule has 0 aliphatic rings. The molecule has 0 saturated heterocycles. The Morgan fingerprint density at radius 2 is 1.56 bits per heavy atom. The minimum atomic E-state index is -4.18. The van der Waals surface area contributed by atoms with E-state index in [2.05, 4.69) is 0 Å². The third kappa shape index (κ3) is 2.53. The molecule has 0 bridgehead atoms. The van der Waals surface area contributed by atoms with Crippen LogP contribution in [0.1, 0.15) is 0 Å². The summed E-state index contributed by atoms with van der Waals surface area (Å²) in [6, 6.07) is -4.18. The molecule has 0 aliphatic carbocycles. The Labute approximate surface area is 65.0 Å². The fourth-order valence-electron chi connectivity index (χ4n) is 0.0758. The largest absolute Gasteiger partial charge is 0.419 e. The molecular formula is C2H2Cl3F3Si. The topological polar surface area (TPSA) is 0 Å². The zero-order valence-corrected chi connectivity index (χ0v) is 7.24. The fraction of sp³-hybridized carbons (Fsp3) is 1.00. The lowest BCUT2D eigenvalue weighted by Gasteiger charge is -2.16. The third-order valence-electron chi connectivity index (χ3n) is 0.583. The SMILES string of the molecule is FCC(F)(F)[Si](Cl)(Cl)Cl. The Bertz CT molecular complexity index is 99.7. The van der Waals surface area contributed by atoms with Crippen molar-refractivity contribution in [2.45, 2.75) is 5.55 Å². The molecule has 0 aromatic carbocycles. The standard InChI is InChI=1S/C2H2Cl3F3Si/c3-9(4,5)2(7,8)1-6/h1H2. The summed E-state index contributed by atoms with van der Waals surface area (Å²) < 4.78 is 35.2. The first kappa shape index (κ1) is 9.88. The second kappa shape index (κ2) is 2.86. The number of alkyl halides is 3. The van der Waals surface area contributed by atoms with Crippen molar-refractivity contribution < 1.29 is 13.2 Å². The molecule has 0 aromatic heterocycles. The van der Waals surface area contributed by atoms with Gasteiger partial charge in [0.1, 0.15) is 0 Å². The molecule has 0 aliphatic heterocycles. The van der Waals surface area contributed by atoms with E-state index in [0.29, 0.717) is 0 Å². The molecule has 0 nitrogen and oxygen atoms in total. The van der Waals surface area contributed by atoms with Gasteiger partial charge in [0.25, 0.3) is 0 Å². The van der Waals surface area contributed by atoms with Crippen LogP contribution in [0.2, 0.25) is 0 Å². The Balaban J connectivity index is 4.14. The first-order chi connectivity index (χ1) is 3.81. The Kier molecular flexibility index (Phi) is 3.14. The van der Waals surface area contributed by atoms with Gasteiger partial charge in [-0.15, -0.1) is 33.2 Å². The maximum Gasteiger partial charge on any atom is 0.419 e. The summed E-state index contributed by atoms with van der Waals surface area (Å²) in [5.41, 5.74) is -3.75. The van der Waals surface area contributed by atoms with E-state index < -0.39 is 18.2 Å². The van der Waals surface area contributed by atoms with Gasteiger partial charge < -0.3 is 0 Å². The molecule has 0 N–H and O–H groups in total. The van der Waals surface area contributed by atoms with Crippen LogP contribution in [0.4, 0.5) is 13.2 Å². The highest BCUT2D eigenvalue weighted by Crippen LogP contribution is 2.37. The monoisotopic (exact) mass is 216 g/mol. The van der Waals surface area contributed by atoms with Crippen LogP contribution >= 0.6 is 33.2 Å². The van der Waals surface area contributed by atoms with Gasteiger partial charge in [0.05, 0.1) is 0 Å². The van der Waals surface area contributed by atoms with E-state index in [0.717, 1.165) is 0 Å². The highest BCUT2D eigenvalue weighted by molar-refractivity contribution is 7.65. The van der Waals surface area contributed by atoms with Crippen molar-refractivity contribution in [2.24, 2.45) is 0 Å². The summed E-state index contributed by atoms with van der Waals surface area (Å²) in [7, 11) is 0. The van der Waals surface area contributed by atoms with Crippen LogP contribution < -0.4 is 0 Å². The second-order valence-electron chi connectivity index (χ2n) is 1.34. The van der Waals surface area contributed by atoms with Gasteiger partial charge in [-0.2, -0.15) is 0 Å². The number of rotatable bonds is 2. The first-order valence-electron chi connectivity index (χ1n) is 1.82. The molecule has 0 aromatic rings. The van der Waals surface area contributed by atoms with Gasteiger partial charge in [-0.05, 0) is 0 Å². The van der Waals surface area contributed by atoms with Gasteiger partial charge in [0, 0.05) is 0 Å². The fourth-order valence-corrected chi connectivity index (χ4v) is 0.682. The van der Waals surface area contributed by atoms with Gasteiger partial charge in [0.2, 0.25) is 0 Å². The van der Waals surface area contributed by atoms with Crippen LogP contribution in [0.25, 0.3) is 0 Å². The van der Waals surface area contributed by atoms with Crippen molar-refractivity contribution in [3.63, 3.8) is 0 Å². The molecule has 56 valence electrons. The van der Waals surface area contributed by atoms with E-state index >= 15 is 0 Å². The van der Waals surface area contributed by atoms with Gasteiger partial charge in [-0.25, -0.2) is 13.2 Å². The van der Waals surface area contributed by atoms with Crippen LogP contribution in [0.15, 0.2) is 0 Å². The average Bonchev–Trinajstić information content (AvgIpc) is 1.64. The van der Waals surface area contributed by atoms with Crippen LogP contribution in [0.5, 0.6) is 0 Å². The quantitative estimate of drug-likeness (QED) is 0.493. The maximum atomic E-state index is 12.0. The zero-order chi connectivity index (χ0) is 7.71. The van der Waals surface area contributed by atoms with Gasteiger partial charge in [-0.1, -0.05) is 0 Å². The molecule has 9 heavy (non-hydrogen) atoms. The lowest BCUT2D eigenvalue weighted by Crippen LogP contribution is -2.40. The molecular weight excluding hydrogens is 215 g/mol. The zero-order valence-electron chi connectivity index (χ0n) is 3.97. The van der Waals surface area contributed by atoms with Crippen molar-refractivity contribution in [3.05, 3.63) is 0 Å². The summed E-state index contributed by atoms with van der Waals surface area (Å²) in [6.07, 6.45) is 0. The molecule has 0 fully saturated rings. The molecule has 0 heterocycles. The summed E-state index contributed by atoms with van der Waals surface area (Å²) in [5.74, 6) is 0. The maximum absolute atomic E-state index is 12.0. The molecule has 0 radical (unpaired) electrons. The van der Waals surface area contributed by atoms with Crippen LogP contribution in [-0.4, -0.2) is 18.2 Å². The van der Waals surface area contributed by atoms with Crippen molar-refractivity contribution in [1.29, 1.82) is 0 Å². The lowest BCUT2D eigenvalue weighted by atomic mass is 10.8. The van der Waals surface area contributed by atoms with E-state index in [-0.39, 0.29) is 0 Å². The summed E-state index contributed by atoms with van der Waals surface area (Å²) in [4.78, 5) is 0. The van der Waals surface area contributed by atoms with E-state index in [9.17, 15) is 13.2 Å². The summed E-state index contributed by atoms with van der Waals surface area (Å²) in [6.45, 7) is -1.91. The Morgan fingerprint density at radius 3 is 1.56 bits per heavy atom. The predicted octanol–water partition coefficient (Wildman–Crippen LogP) is 2.79. The first-order valence-corrected chi connectivity index (χ1v) is 6.85. The molecule has 7 heteroatoms. The number of hydrogen-bond acceptors (Lipinski definition) is 0. The lowest BCUT2D eigenvalue weighted by molar-refractivity contribution is 0.0594. The van der Waals surface area contributed by atoms with E-state index in [1.54, 1.807) is 0 Å². The van der Waals surface area contributed by atoms with Crippen molar-refractivity contribution in [3.8, 4) is 0 Å². The van der Waals surface area contributed by atoms with Gasteiger partial charge in [0.15, 0.2) is 6.67 Å². The minimum absolute atomic E-state index is 1.91. The molecule has 0 amide bonds. The summed E-state index contributed by atoms with van der Waals surface area (Å²) in [5, 5.41) is 0. The Morgan fingerprint density at radius 1 is 1.22 bits per heavy atom. The molecule has 0 rings (SSSR count). The van der Waals surface area contributed by atoms with E-state index in [1.807, 2.05) is 0 Å².